The second-order valence-corrected chi connectivity index (χ2v) is 5.27. The predicted octanol–water partition coefficient (Wildman–Crippen LogP) is 2.32. The SMILES string of the molecule is Cc1nc2ncccc2n1CC(O)COCc1ccccc1. The van der Waals surface area contributed by atoms with E-state index in [2.05, 4.69) is 9.97 Å². The van der Waals surface area contributed by atoms with Crippen LogP contribution in [-0.4, -0.2) is 32.4 Å². The molecule has 1 atom stereocenters. The Morgan fingerprint density at radius 1 is 1.18 bits per heavy atom. The highest BCUT2D eigenvalue weighted by molar-refractivity contribution is 5.71. The van der Waals surface area contributed by atoms with Gasteiger partial charge in [-0.1, -0.05) is 30.3 Å². The molecule has 0 aliphatic rings. The maximum atomic E-state index is 10.2. The Morgan fingerprint density at radius 2 is 2.00 bits per heavy atom. The summed E-state index contributed by atoms with van der Waals surface area (Å²) >= 11 is 0. The number of pyridine rings is 1. The van der Waals surface area contributed by atoms with Crippen LogP contribution in [0.4, 0.5) is 0 Å². The third-order valence-electron chi connectivity index (χ3n) is 3.53. The van der Waals surface area contributed by atoms with E-state index in [1.807, 2.05) is 54.0 Å². The molecular weight excluding hydrogens is 278 g/mol. The van der Waals surface area contributed by atoms with Gasteiger partial charge in [0.05, 0.1) is 31.4 Å². The van der Waals surface area contributed by atoms with E-state index in [0.717, 1.165) is 16.9 Å². The number of benzene rings is 1. The van der Waals surface area contributed by atoms with E-state index in [-0.39, 0.29) is 6.61 Å². The molecule has 0 saturated heterocycles. The van der Waals surface area contributed by atoms with Crippen molar-refractivity contribution in [2.75, 3.05) is 6.61 Å². The Balaban J connectivity index is 1.59. The number of imidazole rings is 1. The molecule has 3 rings (SSSR count). The molecule has 1 unspecified atom stereocenters. The molecule has 1 N–H and O–H groups in total. The van der Waals surface area contributed by atoms with Gasteiger partial charge in [-0.05, 0) is 24.6 Å². The Labute approximate surface area is 129 Å². The van der Waals surface area contributed by atoms with Crippen LogP contribution in [-0.2, 0) is 17.9 Å². The third-order valence-corrected chi connectivity index (χ3v) is 3.53. The van der Waals surface area contributed by atoms with Gasteiger partial charge < -0.3 is 14.4 Å². The minimum absolute atomic E-state index is 0.286. The molecule has 0 aliphatic carbocycles. The first-order chi connectivity index (χ1) is 10.7. The summed E-state index contributed by atoms with van der Waals surface area (Å²) in [5, 5.41) is 10.2. The Morgan fingerprint density at radius 3 is 2.82 bits per heavy atom. The molecule has 0 radical (unpaired) electrons. The summed E-state index contributed by atoms with van der Waals surface area (Å²) in [5.41, 5.74) is 2.74. The minimum atomic E-state index is -0.583. The number of aromatic nitrogens is 3. The number of ether oxygens (including phenoxy) is 1. The maximum Gasteiger partial charge on any atom is 0.177 e. The van der Waals surface area contributed by atoms with Gasteiger partial charge in [-0.3, -0.25) is 0 Å². The Bertz CT molecular complexity index is 740. The molecule has 0 fully saturated rings. The molecule has 5 heteroatoms. The first-order valence-corrected chi connectivity index (χ1v) is 7.31. The van der Waals surface area contributed by atoms with Crippen LogP contribution in [0.15, 0.2) is 48.7 Å². The van der Waals surface area contributed by atoms with E-state index < -0.39 is 6.10 Å². The van der Waals surface area contributed by atoms with Crippen molar-refractivity contribution in [3.05, 3.63) is 60.0 Å². The molecular formula is C17H19N3O2. The average Bonchev–Trinajstić information content (AvgIpc) is 2.84. The molecule has 0 aliphatic heterocycles. The van der Waals surface area contributed by atoms with Gasteiger partial charge in [-0.15, -0.1) is 0 Å². The van der Waals surface area contributed by atoms with Crippen molar-refractivity contribution in [3.63, 3.8) is 0 Å². The van der Waals surface area contributed by atoms with E-state index in [0.29, 0.717) is 18.8 Å². The number of aliphatic hydroxyl groups excluding tert-OH is 1. The first-order valence-electron chi connectivity index (χ1n) is 7.31. The van der Waals surface area contributed by atoms with Crippen molar-refractivity contribution in [1.82, 2.24) is 14.5 Å². The van der Waals surface area contributed by atoms with Gasteiger partial charge in [0.1, 0.15) is 5.82 Å². The zero-order valence-electron chi connectivity index (χ0n) is 12.5. The highest BCUT2D eigenvalue weighted by atomic mass is 16.5. The van der Waals surface area contributed by atoms with E-state index in [4.69, 9.17) is 4.74 Å². The lowest BCUT2D eigenvalue weighted by Gasteiger charge is -2.14. The number of fused-ring (bicyclic) bond motifs is 1. The minimum Gasteiger partial charge on any atom is -0.389 e. The first kappa shape index (κ1) is 14.7. The molecule has 0 saturated carbocycles. The van der Waals surface area contributed by atoms with Crippen LogP contribution in [0.5, 0.6) is 0 Å². The summed E-state index contributed by atoms with van der Waals surface area (Å²) in [6, 6.07) is 13.8. The Kier molecular flexibility index (Phi) is 4.46. The van der Waals surface area contributed by atoms with Crippen LogP contribution in [0.25, 0.3) is 11.2 Å². The van der Waals surface area contributed by atoms with Gasteiger partial charge in [0.15, 0.2) is 5.65 Å². The van der Waals surface area contributed by atoms with E-state index in [1.165, 1.54) is 0 Å². The quantitative estimate of drug-likeness (QED) is 0.758. The molecule has 5 nitrogen and oxygen atoms in total. The molecule has 1 aromatic carbocycles. The standard InChI is InChI=1S/C17H19N3O2/c1-13-19-17-16(8-5-9-18-17)20(13)10-15(21)12-22-11-14-6-3-2-4-7-14/h2-9,15,21H,10-12H2,1H3. The molecule has 3 aromatic rings. The van der Waals surface area contributed by atoms with Crippen molar-refractivity contribution in [3.8, 4) is 0 Å². The van der Waals surface area contributed by atoms with E-state index >= 15 is 0 Å². The van der Waals surface area contributed by atoms with Gasteiger partial charge in [0.2, 0.25) is 0 Å². The van der Waals surface area contributed by atoms with Crippen LogP contribution >= 0.6 is 0 Å². The molecule has 0 bridgehead atoms. The number of hydrogen-bond donors (Lipinski definition) is 1. The Hall–Kier alpha value is -2.24. The molecule has 2 heterocycles. The van der Waals surface area contributed by atoms with Crippen LogP contribution in [0.3, 0.4) is 0 Å². The van der Waals surface area contributed by atoms with Crippen LogP contribution in [0.2, 0.25) is 0 Å². The number of nitrogens with zero attached hydrogens (tertiary/aromatic N) is 3. The highest BCUT2D eigenvalue weighted by Crippen LogP contribution is 2.14. The molecule has 0 amide bonds. The molecule has 114 valence electrons. The zero-order chi connectivity index (χ0) is 15.4. The number of rotatable bonds is 6. The summed E-state index contributed by atoms with van der Waals surface area (Å²) in [5.74, 6) is 0.843. The highest BCUT2D eigenvalue weighted by Gasteiger charge is 2.12. The van der Waals surface area contributed by atoms with Gasteiger partial charge in [-0.2, -0.15) is 0 Å². The average molecular weight is 297 g/mol. The van der Waals surface area contributed by atoms with Gasteiger partial charge in [0, 0.05) is 6.20 Å². The molecule has 2 aromatic heterocycles. The van der Waals surface area contributed by atoms with Crippen molar-refractivity contribution < 1.29 is 9.84 Å². The smallest absolute Gasteiger partial charge is 0.177 e. The maximum absolute atomic E-state index is 10.2. The molecule has 22 heavy (non-hydrogen) atoms. The monoisotopic (exact) mass is 297 g/mol. The lowest BCUT2D eigenvalue weighted by Crippen LogP contribution is -2.22. The largest absolute Gasteiger partial charge is 0.389 e. The fraction of sp³-hybridized carbons (Fsp3) is 0.294. The summed E-state index contributed by atoms with van der Waals surface area (Å²) in [4.78, 5) is 8.62. The van der Waals surface area contributed by atoms with Crippen molar-refractivity contribution in [1.29, 1.82) is 0 Å². The summed E-state index contributed by atoms with van der Waals surface area (Å²) in [7, 11) is 0. The fourth-order valence-electron chi connectivity index (χ4n) is 2.45. The zero-order valence-corrected chi connectivity index (χ0v) is 12.5. The number of hydrogen-bond acceptors (Lipinski definition) is 4. The normalized spacial score (nSPS) is 12.6. The van der Waals surface area contributed by atoms with Crippen LogP contribution in [0.1, 0.15) is 11.4 Å². The van der Waals surface area contributed by atoms with Crippen molar-refractivity contribution in [2.24, 2.45) is 0 Å². The summed E-state index contributed by atoms with van der Waals surface area (Å²) in [6.45, 7) is 3.15. The lowest BCUT2D eigenvalue weighted by molar-refractivity contribution is 0.0206. The van der Waals surface area contributed by atoms with Gasteiger partial charge >= 0.3 is 0 Å². The van der Waals surface area contributed by atoms with Crippen molar-refractivity contribution in [2.45, 2.75) is 26.2 Å². The lowest BCUT2D eigenvalue weighted by atomic mass is 10.2. The van der Waals surface area contributed by atoms with E-state index in [9.17, 15) is 5.11 Å². The van der Waals surface area contributed by atoms with Gasteiger partial charge in [-0.25, -0.2) is 9.97 Å². The van der Waals surface area contributed by atoms with E-state index in [1.54, 1.807) is 6.20 Å². The second-order valence-electron chi connectivity index (χ2n) is 5.27. The van der Waals surface area contributed by atoms with Crippen LogP contribution < -0.4 is 0 Å². The third kappa shape index (κ3) is 3.32. The van der Waals surface area contributed by atoms with Crippen molar-refractivity contribution >= 4 is 11.2 Å². The van der Waals surface area contributed by atoms with Gasteiger partial charge in [0.25, 0.3) is 0 Å². The van der Waals surface area contributed by atoms with Crippen LogP contribution in [0, 0.1) is 6.92 Å². The summed E-state index contributed by atoms with van der Waals surface area (Å²) in [6.07, 6.45) is 1.14. The second kappa shape index (κ2) is 6.68. The number of aliphatic hydroxyl groups is 1. The number of aryl methyl sites for hydroxylation is 1. The predicted molar refractivity (Wildman–Crippen MR) is 84.4 cm³/mol. The topological polar surface area (TPSA) is 60.2 Å². The molecule has 0 spiro atoms. The summed E-state index contributed by atoms with van der Waals surface area (Å²) < 4.78 is 7.55. The fourth-order valence-corrected chi connectivity index (χ4v) is 2.45.